The summed E-state index contributed by atoms with van der Waals surface area (Å²) in [6, 6.07) is 8.09. The van der Waals surface area contributed by atoms with E-state index in [9.17, 15) is 4.79 Å². The highest BCUT2D eigenvalue weighted by Crippen LogP contribution is 2.21. The van der Waals surface area contributed by atoms with Crippen molar-refractivity contribution < 1.29 is 9.53 Å². The molecule has 2 rings (SSSR count). The number of carbonyl (C=O) groups excluding carboxylic acids is 1. The van der Waals surface area contributed by atoms with Crippen LogP contribution in [-0.4, -0.2) is 24.7 Å². The fraction of sp³-hybridized carbons (Fsp3) is 0.562. The maximum atomic E-state index is 12.1. The number of hydrogen-bond acceptors (Lipinski definition) is 2. The van der Waals surface area contributed by atoms with Crippen LogP contribution in [0.4, 0.5) is 0 Å². The summed E-state index contributed by atoms with van der Waals surface area (Å²) in [7, 11) is 0. The van der Waals surface area contributed by atoms with Crippen LogP contribution in [-0.2, 0) is 16.0 Å². The van der Waals surface area contributed by atoms with Crippen molar-refractivity contribution in [3.05, 3.63) is 34.3 Å². The van der Waals surface area contributed by atoms with Crippen LogP contribution in [0, 0.1) is 5.92 Å². The first kappa shape index (κ1) is 15.5. The quantitative estimate of drug-likeness (QED) is 0.913. The molecule has 0 spiro atoms. The number of rotatable bonds is 4. The number of carbonyl (C=O) groups is 1. The molecule has 110 valence electrons. The van der Waals surface area contributed by atoms with Crippen LogP contribution in [0.1, 0.15) is 32.3 Å². The van der Waals surface area contributed by atoms with Crippen molar-refractivity contribution in [2.75, 3.05) is 6.61 Å². The van der Waals surface area contributed by atoms with E-state index in [1.807, 2.05) is 24.3 Å². The molecule has 0 aromatic heterocycles. The average molecular weight is 340 g/mol. The molecule has 2 atom stereocenters. The van der Waals surface area contributed by atoms with E-state index in [0.29, 0.717) is 12.3 Å². The lowest BCUT2D eigenvalue weighted by Crippen LogP contribution is -2.43. The summed E-state index contributed by atoms with van der Waals surface area (Å²) in [6.45, 7) is 5.06. The number of amides is 1. The number of halogens is 1. The van der Waals surface area contributed by atoms with E-state index in [0.717, 1.165) is 29.5 Å². The van der Waals surface area contributed by atoms with Gasteiger partial charge in [0.1, 0.15) is 0 Å². The minimum absolute atomic E-state index is 0.0892. The van der Waals surface area contributed by atoms with Gasteiger partial charge < -0.3 is 10.1 Å². The Morgan fingerprint density at radius 1 is 1.45 bits per heavy atom. The van der Waals surface area contributed by atoms with Crippen LogP contribution >= 0.6 is 15.9 Å². The Hall–Kier alpha value is -0.870. The van der Waals surface area contributed by atoms with Gasteiger partial charge >= 0.3 is 0 Å². The molecule has 0 unspecified atom stereocenters. The van der Waals surface area contributed by atoms with Gasteiger partial charge in [-0.05, 0) is 30.4 Å². The number of benzene rings is 1. The zero-order valence-electron chi connectivity index (χ0n) is 12.1. The lowest BCUT2D eigenvalue weighted by molar-refractivity contribution is -0.122. The van der Waals surface area contributed by atoms with E-state index in [-0.39, 0.29) is 18.1 Å². The predicted octanol–water partition coefficient (Wildman–Crippen LogP) is 3.31. The molecule has 0 radical (unpaired) electrons. The first-order valence-corrected chi connectivity index (χ1v) is 8.00. The van der Waals surface area contributed by atoms with Crippen LogP contribution in [0.25, 0.3) is 0 Å². The maximum Gasteiger partial charge on any atom is 0.224 e. The molecule has 0 bridgehead atoms. The Bertz CT molecular complexity index is 462. The lowest BCUT2D eigenvalue weighted by Gasteiger charge is -2.32. The smallest absolute Gasteiger partial charge is 0.224 e. The van der Waals surface area contributed by atoms with Crippen molar-refractivity contribution in [3.8, 4) is 0 Å². The van der Waals surface area contributed by atoms with Gasteiger partial charge in [0.2, 0.25) is 5.91 Å². The normalized spacial score (nSPS) is 22.8. The molecule has 1 aromatic rings. The van der Waals surface area contributed by atoms with Crippen molar-refractivity contribution >= 4 is 21.8 Å². The third kappa shape index (κ3) is 4.32. The van der Waals surface area contributed by atoms with E-state index in [1.54, 1.807) is 0 Å². The molecular formula is C16H22BrNO2. The predicted molar refractivity (Wildman–Crippen MR) is 83.6 cm³/mol. The highest BCUT2D eigenvalue weighted by molar-refractivity contribution is 9.10. The molecule has 20 heavy (non-hydrogen) atoms. The van der Waals surface area contributed by atoms with Crippen molar-refractivity contribution in [2.45, 2.75) is 45.3 Å². The van der Waals surface area contributed by atoms with Crippen LogP contribution in [0.3, 0.4) is 0 Å². The molecule has 3 nitrogen and oxygen atoms in total. The molecule has 1 amide bonds. The molecule has 1 N–H and O–H groups in total. The van der Waals surface area contributed by atoms with Gasteiger partial charge in [0.15, 0.2) is 0 Å². The van der Waals surface area contributed by atoms with Crippen molar-refractivity contribution in [1.29, 1.82) is 0 Å². The van der Waals surface area contributed by atoms with Crippen LogP contribution in [0.15, 0.2) is 28.7 Å². The first-order valence-electron chi connectivity index (χ1n) is 7.20. The van der Waals surface area contributed by atoms with Gasteiger partial charge in [0.25, 0.3) is 0 Å². The Labute approximate surface area is 129 Å². The monoisotopic (exact) mass is 339 g/mol. The third-order valence-corrected chi connectivity index (χ3v) is 4.51. The first-order chi connectivity index (χ1) is 9.56. The summed E-state index contributed by atoms with van der Waals surface area (Å²) in [5, 5.41) is 3.14. The summed E-state index contributed by atoms with van der Waals surface area (Å²) in [6.07, 6.45) is 2.51. The van der Waals surface area contributed by atoms with Crippen LogP contribution < -0.4 is 5.32 Å². The minimum atomic E-state index is 0.0892. The lowest BCUT2D eigenvalue weighted by atomic mass is 9.95. The molecule has 1 aliphatic heterocycles. The molecule has 0 saturated carbocycles. The summed E-state index contributed by atoms with van der Waals surface area (Å²) in [4.78, 5) is 12.1. The van der Waals surface area contributed by atoms with Gasteiger partial charge in [-0.1, -0.05) is 48.0 Å². The summed E-state index contributed by atoms with van der Waals surface area (Å²) >= 11 is 3.48. The van der Waals surface area contributed by atoms with E-state index >= 15 is 0 Å². The number of nitrogens with one attached hydrogen (secondary N) is 1. The number of hydrogen-bond donors (Lipinski definition) is 1. The van der Waals surface area contributed by atoms with Crippen LogP contribution in [0.5, 0.6) is 0 Å². The van der Waals surface area contributed by atoms with Gasteiger partial charge in [-0.15, -0.1) is 0 Å². The van der Waals surface area contributed by atoms with Gasteiger partial charge in [-0.3, -0.25) is 4.79 Å². The fourth-order valence-electron chi connectivity index (χ4n) is 2.52. The van der Waals surface area contributed by atoms with Gasteiger partial charge in [-0.2, -0.15) is 0 Å². The van der Waals surface area contributed by atoms with Gasteiger partial charge in [0.05, 0.1) is 12.5 Å². The molecule has 1 heterocycles. The van der Waals surface area contributed by atoms with E-state index < -0.39 is 0 Å². The minimum Gasteiger partial charge on any atom is -0.378 e. The van der Waals surface area contributed by atoms with E-state index in [4.69, 9.17) is 4.74 Å². The van der Waals surface area contributed by atoms with Crippen molar-refractivity contribution in [1.82, 2.24) is 5.32 Å². The van der Waals surface area contributed by atoms with E-state index in [2.05, 4.69) is 35.1 Å². The zero-order valence-corrected chi connectivity index (χ0v) is 13.7. The van der Waals surface area contributed by atoms with Crippen molar-refractivity contribution in [2.24, 2.45) is 5.92 Å². The Kier molecular flexibility index (Phi) is 5.61. The summed E-state index contributed by atoms with van der Waals surface area (Å²) in [5.41, 5.74) is 1.03. The second-order valence-electron chi connectivity index (χ2n) is 5.71. The fourth-order valence-corrected chi connectivity index (χ4v) is 2.94. The Morgan fingerprint density at radius 3 is 2.90 bits per heavy atom. The van der Waals surface area contributed by atoms with Crippen LogP contribution in [0.2, 0.25) is 0 Å². The second kappa shape index (κ2) is 7.23. The second-order valence-corrected chi connectivity index (χ2v) is 6.56. The largest absolute Gasteiger partial charge is 0.378 e. The Morgan fingerprint density at radius 2 is 2.20 bits per heavy atom. The third-order valence-electron chi connectivity index (χ3n) is 3.73. The molecule has 1 fully saturated rings. The number of ether oxygens (including phenoxy) is 1. The highest BCUT2D eigenvalue weighted by Gasteiger charge is 2.25. The summed E-state index contributed by atoms with van der Waals surface area (Å²) < 4.78 is 6.72. The van der Waals surface area contributed by atoms with Crippen molar-refractivity contribution in [3.63, 3.8) is 0 Å². The SMILES string of the molecule is CC(C)[C@@H]1C[C@@H](NC(=O)Cc2ccccc2Br)CCO1. The maximum absolute atomic E-state index is 12.1. The van der Waals surface area contributed by atoms with Gasteiger partial charge in [-0.25, -0.2) is 0 Å². The molecule has 1 aliphatic rings. The molecule has 0 aliphatic carbocycles. The van der Waals surface area contributed by atoms with E-state index in [1.165, 1.54) is 0 Å². The highest BCUT2D eigenvalue weighted by atomic mass is 79.9. The topological polar surface area (TPSA) is 38.3 Å². The summed E-state index contributed by atoms with van der Waals surface area (Å²) in [5.74, 6) is 0.587. The molecular weight excluding hydrogens is 318 g/mol. The standard InChI is InChI=1S/C16H22BrNO2/c1-11(2)15-10-13(7-8-20-15)18-16(19)9-12-5-3-4-6-14(12)17/h3-6,11,13,15H,7-10H2,1-2H3,(H,18,19)/t13-,15-/m0/s1. The average Bonchev–Trinajstić information content (AvgIpc) is 2.41. The molecule has 1 aromatic carbocycles. The molecule has 1 saturated heterocycles. The molecule has 4 heteroatoms. The Balaban J connectivity index is 1.87. The van der Waals surface area contributed by atoms with Gasteiger partial charge in [0, 0.05) is 17.1 Å². The zero-order chi connectivity index (χ0) is 14.5.